The number of amides is 1. The molecule has 4 bridgehead atoms. The standard InChI is InChI=1S/C23H27F3N4OS/c1-30-19(12-22-9-14-6-15(10-22)8-16(7-14)11-22)28-29-21(30)32-13-20(31)27-18-5-3-2-4-17(18)23(24,25)26/h2-5,14-16H,6-13H2,1H3,(H,27,31). The molecule has 4 aliphatic rings. The number of hydrogen-bond acceptors (Lipinski definition) is 4. The number of aromatic nitrogens is 3. The largest absolute Gasteiger partial charge is 0.418 e. The molecular weight excluding hydrogens is 437 g/mol. The molecule has 1 aromatic carbocycles. The maximum Gasteiger partial charge on any atom is 0.418 e. The first-order valence-corrected chi connectivity index (χ1v) is 12.2. The number of carbonyl (C=O) groups is 1. The summed E-state index contributed by atoms with van der Waals surface area (Å²) >= 11 is 1.20. The van der Waals surface area contributed by atoms with Crippen LogP contribution in [0.1, 0.15) is 49.9 Å². The maximum atomic E-state index is 13.1. The highest BCUT2D eigenvalue weighted by Crippen LogP contribution is 2.61. The van der Waals surface area contributed by atoms with Gasteiger partial charge in [-0.3, -0.25) is 4.79 Å². The first kappa shape index (κ1) is 21.8. The zero-order valence-electron chi connectivity index (χ0n) is 18.0. The lowest BCUT2D eigenvalue weighted by Gasteiger charge is -2.56. The van der Waals surface area contributed by atoms with Crippen molar-refractivity contribution in [1.29, 1.82) is 0 Å². The lowest BCUT2D eigenvalue weighted by Crippen LogP contribution is -2.47. The lowest BCUT2D eigenvalue weighted by molar-refractivity contribution is -0.137. The number of para-hydroxylation sites is 1. The number of hydrogen-bond donors (Lipinski definition) is 1. The van der Waals surface area contributed by atoms with Crippen molar-refractivity contribution in [2.24, 2.45) is 30.2 Å². The van der Waals surface area contributed by atoms with Crippen LogP contribution in [-0.4, -0.2) is 26.4 Å². The van der Waals surface area contributed by atoms with E-state index in [2.05, 4.69) is 15.5 Å². The van der Waals surface area contributed by atoms with Crippen LogP contribution in [0, 0.1) is 23.2 Å². The van der Waals surface area contributed by atoms with Gasteiger partial charge in [0.2, 0.25) is 5.91 Å². The van der Waals surface area contributed by atoms with Gasteiger partial charge in [-0.05, 0) is 73.8 Å². The third kappa shape index (κ3) is 4.28. The first-order valence-electron chi connectivity index (χ1n) is 11.2. The average molecular weight is 465 g/mol. The fourth-order valence-corrected chi connectivity index (χ4v) is 7.35. The number of rotatable bonds is 6. The summed E-state index contributed by atoms with van der Waals surface area (Å²) in [5.74, 6) is 3.01. The van der Waals surface area contributed by atoms with Crippen molar-refractivity contribution < 1.29 is 18.0 Å². The van der Waals surface area contributed by atoms with Crippen molar-refractivity contribution in [2.75, 3.05) is 11.1 Å². The van der Waals surface area contributed by atoms with Gasteiger partial charge in [0.05, 0.1) is 17.0 Å². The molecule has 1 N–H and O–H groups in total. The van der Waals surface area contributed by atoms with E-state index in [1.807, 2.05) is 11.6 Å². The normalized spacial score (nSPS) is 28.8. The highest BCUT2D eigenvalue weighted by molar-refractivity contribution is 7.99. The van der Waals surface area contributed by atoms with Crippen LogP contribution in [0.2, 0.25) is 0 Å². The number of nitrogens with one attached hydrogen (secondary N) is 1. The topological polar surface area (TPSA) is 59.8 Å². The second kappa shape index (κ2) is 8.08. The monoisotopic (exact) mass is 464 g/mol. The van der Waals surface area contributed by atoms with E-state index in [-0.39, 0.29) is 11.4 Å². The molecule has 0 saturated heterocycles. The maximum absolute atomic E-state index is 13.1. The van der Waals surface area contributed by atoms with Gasteiger partial charge < -0.3 is 9.88 Å². The Bertz CT molecular complexity index is 984. The summed E-state index contributed by atoms with van der Waals surface area (Å²) in [6.45, 7) is 0. The van der Waals surface area contributed by atoms with Crippen LogP contribution >= 0.6 is 11.8 Å². The van der Waals surface area contributed by atoms with Crippen molar-refractivity contribution in [1.82, 2.24) is 14.8 Å². The summed E-state index contributed by atoms with van der Waals surface area (Å²) in [6.07, 6.45) is 4.45. The Kier molecular flexibility index (Phi) is 5.50. The molecule has 6 rings (SSSR count). The highest BCUT2D eigenvalue weighted by atomic mass is 32.2. The van der Waals surface area contributed by atoms with Crippen molar-refractivity contribution in [3.8, 4) is 0 Å². The number of anilines is 1. The van der Waals surface area contributed by atoms with Crippen LogP contribution < -0.4 is 5.32 Å². The molecule has 2 aromatic rings. The first-order chi connectivity index (χ1) is 15.2. The molecule has 32 heavy (non-hydrogen) atoms. The van der Waals surface area contributed by atoms with Crippen LogP contribution in [0.3, 0.4) is 0 Å². The Morgan fingerprint density at radius 3 is 2.38 bits per heavy atom. The van der Waals surface area contributed by atoms with Gasteiger partial charge in [0.1, 0.15) is 5.82 Å². The zero-order valence-corrected chi connectivity index (χ0v) is 18.8. The van der Waals surface area contributed by atoms with Crippen molar-refractivity contribution in [2.45, 2.75) is 56.3 Å². The Morgan fingerprint density at radius 1 is 1.12 bits per heavy atom. The zero-order chi connectivity index (χ0) is 22.5. The molecule has 172 valence electrons. The Hall–Kier alpha value is -2.03. The molecule has 0 spiro atoms. The SMILES string of the molecule is Cn1c(CC23CC4CC(CC(C4)C2)C3)nnc1SCC(=O)Nc1ccccc1C(F)(F)F. The van der Waals surface area contributed by atoms with Crippen molar-refractivity contribution >= 4 is 23.4 Å². The van der Waals surface area contributed by atoms with Gasteiger partial charge in [0.25, 0.3) is 0 Å². The quantitative estimate of drug-likeness (QED) is 0.588. The molecule has 0 unspecified atom stereocenters. The number of alkyl halides is 3. The minimum absolute atomic E-state index is 0.0322. The molecule has 5 nitrogen and oxygen atoms in total. The lowest BCUT2D eigenvalue weighted by atomic mass is 9.49. The molecule has 4 fully saturated rings. The van der Waals surface area contributed by atoms with Gasteiger partial charge in [-0.1, -0.05) is 23.9 Å². The highest BCUT2D eigenvalue weighted by Gasteiger charge is 2.51. The van der Waals surface area contributed by atoms with Crippen LogP contribution in [-0.2, 0) is 24.4 Å². The minimum Gasteiger partial charge on any atom is -0.325 e. The molecule has 4 saturated carbocycles. The molecule has 1 amide bonds. The second-order valence-corrected chi connectivity index (χ2v) is 10.9. The number of thioether (sulfide) groups is 1. The van der Waals surface area contributed by atoms with Gasteiger partial charge in [-0.15, -0.1) is 10.2 Å². The van der Waals surface area contributed by atoms with E-state index in [0.717, 1.165) is 36.1 Å². The third-order valence-electron chi connectivity index (χ3n) is 7.46. The molecule has 0 atom stereocenters. The van der Waals surface area contributed by atoms with Gasteiger partial charge in [-0.25, -0.2) is 0 Å². The fraction of sp³-hybridized carbons (Fsp3) is 0.609. The van der Waals surface area contributed by atoms with Gasteiger partial charge in [0, 0.05) is 13.5 Å². The molecule has 0 aliphatic heterocycles. The van der Waals surface area contributed by atoms with Crippen molar-refractivity contribution in [3.05, 3.63) is 35.7 Å². The van der Waals surface area contributed by atoms with E-state index < -0.39 is 17.6 Å². The molecule has 9 heteroatoms. The fourth-order valence-electron chi connectivity index (χ4n) is 6.62. The van der Waals surface area contributed by atoms with E-state index in [0.29, 0.717) is 10.6 Å². The summed E-state index contributed by atoms with van der Waals surface area (Å²) in [5, 5.41) is 11.7. The third-order valence-corrected chi connectivity index (χ3v) is 8.48. The molecule has 1 heterocycles. The van der Waals surface area contributed by atoms with E-state index >= 15 is 0 Å². The summed E-state index contributed by atoms with van der Waals surface area (Å²) in [5.41, 5.74) is -0.739. The Morgan fingerprint density at radius 2 is 1.75 bits per heavy atom. The van der Waals surface area contributed by atoms with Gasteiger partial charge in [-0.2, -0.15) is 13.2 Å². The van der Waals surface area contributed by atoms with Crippen LogP contribution in [0.4, 0.5) is 18.9 Å². The van der Waals surface area contributed by atoms with Gasteiger partial charge in [0.15, 0.2) is 5.16 Å². The summed E-state index contributed by atoms with van der Waals surface area (Å²) in [7, 11) is 1.91. The van der Waals surface area contributed by atoms with Crippen molar-refractivity contribution in [3.63, 3.8) is 0 Å². The summed E-state index contributed by atoms with van der Waals surface area (Å²) < 4.78 is 41.3. The van der Waals surface area contributed by atoms with E-state index in [9.17, 15) is 18.0 Å². The summed E-state index contributed by atoms with van der Waals surface area (Å²) in [6, 6.07) is 5.00. The molecule has 1 aromatic heterocycles. The molecule has 4 aliphatic carbocycles. The molecule has 0 radical (unpaired) electrons. The van der Waals surface area contributed by atoms with Crippen LogP contribution in [0.15, 0.2) is 29.4 Å². The number of carbonyl (C=O) groups excluding carboxylic acids is 1. The predicted octanol–water partition coefficient (Wildman–Crippen LogP) is 5.32. The second-order valence-electron chi connectivity index (χ2n) is 9.93. The minimum atomic E-state index is -4.52. The van der Waals surface area contributed by atoms with E-state index in [1.165, 1.54) is 68.5 Å². The van der Waals surface area contributed by atoms with Crippen LogP contribution in [0.25, 0.3) is 0 Å². The Balaban J connectivity index is 1.21. The number of halogens is 3. The van der Waals surface area contributed by atoms with E-state index in [4.69, 9.17) is 0 Å². The molecular formula is C23H27F3N4OS. The number of nitrogens with zero attached hydrogens (tertiary/aromatic N) is 3. The predicted molar refractivity (Wildman–Crippen MR) is 116 cm³/mol. The average Bonchev–Trinajstić information content (AvgIpc) is 3.04. The van der Waals surface area contributed by atoms with E-state index in [1.54, 1.807) is 0 Å². The summed E-state index contributed by atoms with van der Waals surface area (Å²) in [4.78, 5) is 12.3. The smallest absolute Gasteiger partial charge is 0.325 e. The number of benzene rings is 1. The van der Waals surface area contributed by atoms with Crippen LogP contribution in [0.5, 0.6) is 0 Å². The van der Waals surface area contributed by atoms with Gasteiger partial charge >= 0.3 is 6.18 Å². The Labute approximate surface area is 189 Å².